The second-order valence-electron chi connectivity index (χ2n) is 5.71. The van der Waals surface area contributed by atoms with E-state index in [9.17, 15) is 0 Å². The summed E-state index contributed by atoms with van der Waals surface area (Å²) in [6.07, 6.45) is 4.06. The maximum atomic E-state index is 6.15. The molecule has 1 fully saturated rings. The predicted octanol–water partition coefficient (Wildman–Crippen LogP) is 4.58. The Kier molecular flexibility index (Phi) is 4.60. The lowest BCUT2D eigenvalue weighted by molar-refractivity contribution is -0.0224. The Morgan fingerprint density at radius 1 is 1.28 bits per heavy atom. The van der Waals surface area contributed by atoms with Gasteiger partial charge >= 0.3 is 0 Å². The standard InChI is InChI=1S/C17H24O/c1-13(2)16-10-9-14(3)11-17(16)18-12-15-7-5-4-6-8-15/h4-8,14,16-17H,1,9-12H2,2-3H3/t14-,16+,17-/m1/s1. The van der Waals surface area contributed by atoms with Gasteiger partial charge in [-0.15, -0.1) is 0 Å². The summed E-state index contributed by atoms with van der Waals surface area (Å²) in [5, 5.41) is 0. The van der Waals surface area contributed by atoms with Crippen molar-refractivity contribution in [3.63, 3.8) is 0 Å². The highest BCUT2D eigenvalue weighted by Crippen LogP contribution is 2.34. The van der Waals surface area contributed by atoms with Gasteiger partial charge < -0.3 is 4.74 Å². The van der Waals surface area contributed by atoms with Crippen molar-refractivity contribution in [1.29, 1.82) is 0 Å². The largest absolute Gasteiger partial charge is 0.373 e. The van der Waals surface area contributed by atoms with Crippen molar-refractivity contribution in [2.24, 2.45) is 11.8 Å². The van der Waals surface area contributed by atoms with Crippen LogP contribution in [0.4, 0.5) is 0 Å². The molecule has 1 aliphatic carbocycles. The minimum Gasteiger partial charge on any atom is -0.373 e. The second kappa shape index (κ2) is 6.19. The first kappa shape index (κ1) is 13.4. The third-order valence-corrected chi connectivity index (χ3v) is 3.99. The number of ether oxygens (including phenoxy) is 1. The fraction of sp³-hybridized carbons (Fsp3) is 0.529. The first-order valence-electron chi connectivity index (χ1n) is 6.97. The van der Waals surface area contributed by atoms with Crippen LogP contribution in [0.2, 0.25) is 0 Å². The Morgan fingerprint density at radius 2 is 2.00 bits per heavy atom. The number of benzene rings is 1. The van der Waals surface area contributed by atoms with E-state index in [4.69, 9.17) is 4.74 Å². The van der Waals surface area contributed by atoms with E-state index in [1.807, 2.05) is 6.07 Å². The van der Waals surface area contributed by atoms with Gasteiger partial charge in [0.25, 0.3) is 0 Å². The summed E-state index contributed by atoms with van der Waals surface area (Å²) in [4.78, 5) is 0. The van der Waals surface area contributed by atoms with Gasteiger partial charge in [-0.05, 0) is 37.7 Å². The van der Waals surface area contributed by atoms with Crippen LogP contribution in [0.3, 0.4) is 0 Å². The molecule has 2 rings (SSSR count). The van der Waals surface area contributed by atoms with Gasteiger partial charge in [0, 0.05) is 5.92 Å². The molecule has 0 heterocycles. The van der Waals surface area contributed by atoms with E-state index in [0.717, 1.165) is 12.5 Å². The molecule has 1 aromatic carbocycles. The van der Waals surface area contributed by atoms with Crippen LogP contribution in [0.15, 0.2) is 42.5 Å². The average molecular weight is 244 g/mol. The van der Waals surface area contributed by atoms with E-state index < -0.39 is 0 Å². The minimum atomic E-state index is 0.353. The van der Waals surface area contributed by atoms with Crippen LogP contribution in [0, 0.1) is 11.8 Å². The third-order valence-electron chi connectivity index (χ3n) is 3.99. The molecule has 1 aliphatic rings. The van der Waals surface area contributed by atoms with Crippen LogP contribution in [0.5, 0.6) is 0 Å². The summed E-state index contributed by atoms with van der Waals surface area (Å²) in [5.41, 5.74) is 2.54. The summed E-state index contributed by atoms with van der Waals surface area (Å²) in [7, 11) is 0. The lowest BCUT2D eigenvalue weighted by Crippen LogP contribution is -2.31. The average Bonchev–Trinajstić information content (AvgIpc) is 2.37. The van der Waals surface area contributed by atoms with Gasteiger partial charge in [0.1, 0.15) is 0 Å². The predicted molar refractivity (Wildman–Crippen MR) is 76.3 cm³/mol. The molecule has 1 nitrogen and oxygen atoms in total. The van der Waals surface area contributed by atoms with Crippen molar-refractivity contribution in [2.45, 2.75) is 45.8 Å². The molecule has 1 saturated carbocycles. The Balaban J connectivity index is 1.94. The number of hydrogen-bond acceptors (Lipinski definition) is 1. The Morgan fingerprint density at radius 3 is 2.67 bits per heavy atom. The fourth-order valence-electron chi connectivity index (χ4n) is 2.85. The van der Waals surface area contributed by atoms with E-state index >= 15 is 0 Å². The Bertz CT molecular complexity index is 382. The highest BCUT2D eigenvalue weighted by atomic mass is 16.5. The van der Waals surface area contributed by atoms with Gasteiger partial charge in [0.2, 0.25) is 0 Å². The summed E-state index contributed by atoms with van der Waals surface area (Å²) in [5.74, 6) is 1.33. The SMILES string of the molecule is C=C(C)[C@@H]1CC[C@@H](C)C[C@H]1OCc1ccccc1. The van der Waals surface area contributed by atoms with Crippen LogP contribution in [-0.4, -0.2) is 6.10 Å². The van der Waals surface area contributed by atoms with Crippen molar-refractivity contribution in [1.82, 2.24) is 0 Å². The molecule has 0 bridgehead atoms. The van der Waals surface area contributed by atoms with E-state index in [0.29, 0.717) is 12.0 Å². The fourth-order valence-corrected chi connectivity index (χ4v) is 2.85. The highest BCUT2D eigenvalue weighted by molar-refractivity contribution is 5.13. The first-order valence-corrected chi connectivity index (χ1v) is 6.97. The van der Waals surface area contributed by atoms with Crippen molar-refractivity contribution in [2.75, 3.05) is 0 Å². The summed E-state index contributed by atoms with van der Waals surface area (Å²) < 4.78 is 6.15. The van der Waals surface area contributed by atoms with Crippen molar-refractivity contribution < 1.29 is 4.74 Å². The van der Waals surface area contributed by atoms with Gasteiger partial charge in [0.15, 0.2) is 0 Å². The summed E-state index contributed by atoms with van der Waals surface area (Å²) in [6, 6.07) is 10.4. The van der Waals surface area contributed by atoms with Gasteiger partial charge in [-0.2, -0.15) is 0 Å². The minimum absolute atomic E-state index is 0.353. The zero-order chi connectivity index (χ0) is 13.0. The van der Waals surface area contributed by atoms with Crippen molar-refractivity contribution >= 4 is 0 Å². The second-order valence-corrected chi connectivity index (χ2v) is 5.71. The quantitative estimate of drug-likeness (QED) is 0.704. The van der Waals surface area contributed by atoms with Crippen LogP contribution in [0.1, 0.15) is 38.7 Å². The topological polar surface area (TPSA) is 9.23 Å². The van der Waals surface area contributed by atoms with Crippen LogP contribution in [0.25, 0.3) is 0 Å². The molecular formula is C17H24O. The molecule has 3 atom stereocenters. The lowest BCUT2D eigenvalue weighted by atomic mass is 9.77. The van der Waals surface area contributed by atoms with Gasteiger partial charge in [0.05, 0.1) is 12.7 Å². The maximum Gasteiger partial charge on any atom is 0.0720 e. The van der Waals surface area contributed by atoms with Crippen LogP contribution in [-0.2, 0) is 11.3 Å². The molecule has 0 unspecified atom stereocenters. The van der Waals surface area contributed by atoms with Crippen molar-refractivity contribution in [3.05, 3.63) is 48.0 Å². The smallest absolute Gasteiger partial charge is 0.0720 e. The first-order chi connectivity index (χ1) is 8.66. The molecule has 0 spiro atoms. The summed E-state index contributed by atoms with van der Waals surface area (Å²) >= 11 is 0. The van der Waals surface area contributed by atoms with E-state index in [2.05, 4.69) is 44.7 Å². The molecule has 0 aromatic heterocycles. The Labute approximate surface area is 111 Å². The lowest BCUT2D eigenvalue weighted by Gasteiger charge is -2.35. The van der Waals surface area contributed by atoms with Gasteiger partial charge in [-0.1, -0.05) is 49.4 Å². The maximum absolute atomic E-state index is 6.15. The van der Waals surface area contributed by atoms with E-state index in [1.165, 1.54) is 30.4 Å². The highest BCUT2D eigenvalue weighted by Gasteiger charge is 2.29. The zero-order valence-electron chi connectivity index (χ0n) is 11.6. The molecule has 0 radical (unpaired) electrons. The van der Waals surface area contributed by atoms with Crippen LogP contribution < -0.4 is 0 Å². The molecule has 18 heavy (non-hydrogen) atoms. The Hall–Kier alpha value is -1.08. The third kappa shape index (κ3) is 3.46. The summed E-state index contributed by atoms with van der Waals surface area (Å²) in [6.45, 7) is 9.32. The molecule has 0 saturated heterocycles. The molecule has 1 heteroatoms. The van der Waals surface area contributed by atoms with Gasteiger partial charge in [-0.3, -0.25) is 0 Å². The van der Waals surface area contributed by atoms with Crippen molar-refractivity contribution in [3.8, 4) is 0 Å². The van der Waals surface area contributed by atoms with Crippen LogP contribution >= 0.6 is 0 Å². The normalized spacial score (nSPS) is 28.0. The molecule has 0 N–H and O–H groups in total. The van der Waals surface area contributed by atoms with E-state index in [-0.39, 0.29) is 0 Å². The molecule has 0 aliphatic heterocycles. The monoisotopic (exact) mass is 244 g/mol. The number of rotatable bonds is 4. The van der Waals surface area contributed by atoms with Gasteiger partial charge in [-0.25, -0.2) is 0 Å². The number of hydrogen-bond donors (Lipinski definition) is 0. The molecule has 98 valence electrons. The molecular weight excluding hydrogens is 220 g/mol. The zero-order valence-corrected chi connectivity index (χ0v) is 11.6. The van der Waals surface area contributed by atoms with E-state index in [1.54, 1.807) is 0 Å². The molecule has 1 aromatic rings. The molecule has 0 amide bonds.